The lowest BCUT2D eigenvalue weighted by Gasteiger charge is -2.36. The van der Waals surface area contributed by atoms with E-state index in [9.17, 15) is 13.2 Å². The Bertz CT molecular complexity index is 1030. The van der Waals surface area contributed by atoms with Gasteiger partial charge in [-0.05, 0) is 60.2 Å². The summed E-state index contributed by atoms with van der Waals surface area (Å²) in [4.78, 5) is 12.1. The maximum atomic E-state index is 12.9. The van der Waals surface area contributed by atoms with Crippen molar-refractivity contribution in [3.8, 4) is 0 Å². The second-order valence-corrected chi connectivity index (χ2v) is 10.5. The van der Waals surface area contributed by atoms with E-state index in [-0.39, 0.29) is 16.8 Å². The predicted octanol–water partition coefficient (Wildman–Crippen LogP) is 4.18. The van der Waals surface area contributed by atoms with Crippen LogP contribution in [-0.2, 0) is 20.2 Å². The van der Waals surface area contributed by atoms with Crippen molar-refractivity contribution < 1.29 is 13.2 Å². The summed E-state index contributed by atoms with van der Waals surface area (Å²) in [6.45, 7) is 3.91. The summed E-state index contributed by atoms with van der Waals surface area (Å²) >= 11 is 5.92. The molecule has 0 spiro atoms. The lowest BCUT2D eigenvalue weighted by Crippen LogP contribution is -2.43. The lowest BCUT2D eigenvalue weighted by atomic mass is 9.76. The number of carbonyl (C=O) groups is 1. The molecule has 1 amide bonds. The Labute approximate surface area is 170 Å². The number of anilines is 1. The van der Waals surface area contributed by atoms with Gasteiger partial charge in [0.05, 0.1) is 4.90 Å². The van der Waals surface area contributed by atoms with Crippen LogP contribution >= 0.6 is 11.6 Å². The lowest BCUT2D eigenvalue weighted by molar-refractivity contribution is -0.117. The fourth-order valence-electron chi connectivity index (χ4n) is 4.06. The SMILES string of the molecule is CC1(C)CC(=O)Nc2ccc(S(=O)(=O)NC3CC(c4ccc(Cl)cc4)C3)cc21. The smallest absolute Gasteiger partial charge is 0.240 e. The van der Waals surface area contributed by atoms with E-state index >= 15 is 0 Å². The van der Waals surface area contributed by atoms with Gasteiger partial charge in [-0.15, -0.1) is 0 Å². The van der Waals surface area contributed by atoms with Crippen molar-refractivity contribution >= 4 is 33.2 Å². The third-order valence-corrected chi connectivity index (χ3v) is 7.48. The molecule has 5 nitrogen and oxygen atoms in total. The predicted molar refractivity (Wildman–Crippen MR) is 110 cm³/mol. The molecule has 0 atom stereocenters. The van der Waals surface area contributed by atoms with E-state index in [0.29, 0.717) is 23.0 Å². The molecule has 2 aromatic carbocycles. The second-order valence-electron chi connectivity index (χ2n) is 8.35. The number of sulfonamides is 1. The van der Waals surface area contributed by atoms with Gasteiger partial charge in [0, 0.05) is 28.6 Å². The highest BCUT2D eigenvalue weighted by atomic mass is 35.5. The van der Waals surface area contributed by atoms with Crippen molar-refractivity contribution in [2.45, 2.75) is 55.4 Å². The van der Waals surface area contributed by atoms with E-state index in [1.54, 1.807) is 18.2 Å². The molecule has 7 heteroatoms. The summed E-state index contributed by atoms with van der Waals surface area (Å²) in [6.07, 6.45) is 1.88. The van der Waals surface area contributed by atoms with Crippen molar-refractivity contribution in [3.63, 3.8) is 0 Å². The molecule has 2 N–H and O–H groups in total. The molecular formula is C21H23ClN2O3S. The van der Waals surface area contributed by atoms with Crippen molar-refractivity contribution in [1.82, 2.24) is 4.72 Å². The van der Waals surface area contributed by atoms with Gasteiger partial charge in [0.25, 0.3) is 0 Å². The molecule has 0 bridgehead atoms. The molecular weight excluding hydrogens is 396 g/mol. The number of rotatable bonds is 4. The minimum absolute atomic E-state index is 0.0473. The zero-order valence-electron chi connectivity index (χ0n) is 15.8. The highest BCUT2D eigenvalue weighted by molar-refractivity contribution is 7.89. The van der Waals surface area contributed by atoms with Gasteiger partial charge in [0.1, 0.15) is 0 Å². The molecule has 4 rings (SSSR count). The van der Waals surface area contributed by atoms with Crippen molar-refractivity contribution in [3.05, 3.63) is 58.6 Å². The average molecular weight is 419 g/mol. The maximum Gasteiger partial charge on any atom is 0.240 e. The summed E-state index contributed by atoms with van der Waals surface area (Å²) in [5, 5.41) is 3.52. The topological polar surface area (TPSA) is 75.3 Å². The molecule has 1 aliphatic heterocycles. The Hall–Kier alpha value is -1.89. The quantitative estimate of drug-likeness (QED) is 0.781. The van der Waals surface area contributed by atoms with Gasteiger partial charge in [0.2, 0.25) is 15.9 Å². The molecule has 1 heterocycles. The van der Waals surface area contributed by atoms with Crippen molar-refractivity contribution in [2.24, 2.45) is 0 Å². The van der Waals surface area contributed by atoms with Crippen LogP contribution in [0.1, 0.15) is 50.2 Å². The molecule has 1 fully saturated rings. The van der Waals surface area contributed by atoms with Crippen LogP contribution in [-0.4, -0.2) is 20.4 Å². The number of nitrogens with one attached hydrogen (secondary N) is 2. The van der Waals surface area contributed by atoms with Gasteiger partial charge < -0.3 is 5.32 Å². The fraction of sp³-hybridized carbons (Fsp3) is 0.381. The summed E-state index contributed by atoms with van der Waals surface area (Å²) in [7, 11) is -3.61. The van der Waals surface area contributed by atoms with Crippen LogP contribution < -0.4 is 10.0 Å². The van der Waals surface area contributed by atoms with Crippen LogP contribution in [0.5, 0.6) is 0 Å². The number of benzene rings is 2. The van der Waals surface area contributed by atoms with Gasteiger partial charge in [-0.1, -0.05) is 37.6 Å². The van der Waals surface area contributed by atoms with Crippen LogP contribution in [0.15, 0.2) is 47.4 Å². The van der Waals surface area contributed by atoms with Crippen LogP contribution in [0, 0.1) is 0 Å². The van der Waals surface area contributed by atoms with E-state index < -0.39 is 15.4 Å². The Morgan fingerprint density at radius 2 is 1.79 bits per heavy atom. The van der Waals surface area contributed by atoms with E-state index in [2.05, 4.69) is 10.0 Å². The molecule has 0 aromatic heterocycles. The Morgan fingerprint density at radius 3 is 2.46 bits per heavy atom. The number of hydrogen-bond acceptors (Lipinski definition) is 3. The summed E-state index contributed by atoms with van der Waals surface area (Å²) in [5.41, 5.74) is 2.32. The van der Waals surface area contributed by atoms with E-state index in [4.69, 9.17) is 11.6 Å². The average Bonchev–Trinajstić information content (AvgIpc) is 2.57. The number of halogens is 1. The monoisotopic (exact) mass is 418 g/mol. The third-order valence-electron chi connectivity index (χ3n) is 5.71. The van der Waals surface area contributed by atoms with Crippen molar-refractivity contribution in [1.29, 1.82) is 0 Å². The minimum Gasteiger partial charge on any atom is -0.326 e. The summed E-state index contributed by atoms with van der Waals surface area (Å²) < 4.78 is 28.6. The first-order chi connectivity index (χ1) is 13.1. The van der Waals surface area contributed by atoms with Gasteiger partial charge in [0.15, 0.2) is 0 Å². The molecule has 148 valence electrons. The standard InChI is InChI=1S/C21H23ClN2O3S/c1-21(2)12-20(25)23-19-8-7-17(11-18(19)21)28(26,27)24-16-9-14(10-16)13-3-5-15(22)6-4-13/h3-8,11,14,16,24H,9-10,12H2,1-2H3,(H,23,25). The number of hydrogen-bond donors (Lipinski definition) is 2. The second kappa shape index (κ2) is 6.87. The van der Waals surface area contributed by atoms with Crippen LogP contribution in [0.25, 0.3) is 0 Å². The van der Waals surface area contributed by atoms with Gasteiger partial charge in [-0.3, -0.25) is 4.79 Å². The summed E-state index contributed by atoms with van der Waals surface area (Å²) in [5.74, 6) is 0.302. The molecule has 2 aromatic rings. The third kappa shape index (κ3) is 3.69. The van der Waals surface area contributed by atoms with Gasteiger partial charge >= 0.3 is 0 Å². The van der Waals surface area contributed by atoms with Crippen LogP contribution in [0.4, 0.5) is 5.69 Å². The molecule has 0 radical (unpaired) electrons. The summed E-state index contributed by atoms with van der Waals surface area (Å²) in [6, 6.07) is 12.6. The van der Waals surface area contributed by atoms with Crippen molar-refractivity contribution in [2.75, 3.05) is 5.32 Å². The molecule has 1 aliphatic carbocycles. The fourth-order valence-corrected chi connectivity index (χ4v) is 5.47. The first-order valence-corrected chi connectivity index (χ1v) is 11.2. The van der Waals surface area contributed by atoms with Crippen LogP contribution in [0.2, 0.25) is 5.02 Å². The van der Waals surface area contributed by atoms with Gasteiger partial charge in [-0.25, -0.2) is 13.1 Å². The molecule has 2 aliphatic rings. The highest BCUT2D eigenvalue weighted by Crippen LogP contribution is 2.40. The molecule has 28 heavy (non-hydrogen) atoms. The maximum absolute atomic E-state index is 12.9. The number of amides is 1. The molecule has 1 saturated carbocycles. The van der Waals surface area contributed by atoms with E-state index in [1.165, 1.54) is 5.56 Å². The largest absolute Gasteiger partial charge is 0.326 e. The Kier molecular flexibility index (Phi) is 4.76. The molecule has 0 unspecified atom stereocenters. The van der Waals surface area contributed by atoms with Crippen LogP contribution in [0.3, 0.4) is 0 Å². The van der Waals surface area contributed by atoms with E-state index in [0.717, 1.165) is 18.4 Å². The minimum atomic E-state index is -3.61. The normalized spacial score (nSPS) is 23.5. The first-order valence-electron chi connectivity index (χ1n) is 9.36. The zero-order chi connectivity index (χ0) is 20.1. The van der Waals surface area contributed by atoms with Gasteiger partial charge in [-0.2, -0.15) is 0 Å². The number of carbonyl (C=O) groups excluding carboxylic acids is 1. The first kappa shape index (κ1) is 19.4. The molecule has 0 saturated heterocycles. The highest BCUT2D eigenvalue weighted by Gasteiger charge is 2.36. The zero-order valence-corrected chi connectivity index (χ0v) is 17.4. The Morgan fingerprint density at radius 1 is 1.11 bits per heavy atom. The number of fused-ring (bicyclic) bond motifs is 1. The van der Waals surface area contributed by atoms with E-state index in [1.807, 2.05) is 38.1 Å². The Balaban J connectivity index is 1.48.